The molecule has 4 aromatic rings. The van der Waals surface area contributed by atoms with E-state index in [1.54, 1.807) is 6.07 Å². The first-order valence-electron chi connectivity index (χ1n) is 13.8. The molecular formula is C33H24ClF4N3O7. The van der Waals surface area contributed by atoms with Crippen LogP contribution in [0.25, 0.3) is 0 Å². The smallest absolute Gasteiger partial charge is 0.343 e. The summed E-state index contributed by atoms with van der Waals surface area (Å²) in [7, 11) is 0. The van der Waals surface area contributed by atoms with Gasteiger partial charge >= 0.3 is 11.9 Å². The molecule has 0 spiro atoms. The molecule has 0 aliphatic heterocycles. The van der Waals surface area contributed by atoms with E-state index in [9.17, 15) is 46.6 Å². The first-order chi connectivity index (χ1) is 22.7. The van der Waals surface area contributed by atoms with Crippen LogP contribution < -0.4 is 20.7 Å². The van der Waals surface area contributed by atoms with Crippen molar-refractivity contribution in [3.63, 3.8) is 0 Å². The summed E-state index contributed by atoms with van der Waals surface area (Å²) in [5, 5.41) is 16.4. The zero-order valence-electron chi connectivity index (χ0n) is 24.7. The van der Waals surface area contributed by atoms with Crippen LogP contribution in [0.2, 0.25) is 5.02 Å². The van der Waals surface area contributed by atoms with Gasteiger partial charge in [-0.15, -0.1) is 0 Å². The maximum atomic E-state index is 13.5. The molecule has 0 saturated heterocycles. The Morgan fingerprint density at radius 2 is 1.31 bits per heavy atom. The minimum Gasteiger partial charge on any atom is -0.480 e. The largest absolute Gasteiger partial charge is 0.480 e. The van der Waals surface area contributed by atoms with Crippen LogP contribution in [0.3, 0.4) is 0 Å². The molecule has 15 heteroatoms. The van der Waals surface area contributed by atoms with E-state index >= 15 is 0 Å². The minimum absolute atomic E-state index is 0.0489. The first-order valence-corrected chi connectivity index (χ1v) is 14.2. The number of nitrogens with one attached hydrogen (secondary N) is 3. The number of esters is 1. The fourth-order valence-electron chi connectivity index (χ4n) is 4.42. The number of hydrogen-bond donors (Lipinski definition) is 4. The summed E-state index contributed by atoms with van der Waals surface area (Å²) >= 11 is 6.31. The summed E-state index contributed by atoms with van der Waals surface area (Å²) in [5.41, 5.74) is -0.131. The number of benzene rings is 4. The summed E-state index contributed by atoms with van der Waals surface area (Å²) in [6.45, 7) is 0.765. The van der Waals surface area contributed by atoms with Gasteiger partial charge in [-0.05, 0) is 66.6 Å². The second kappa shape index (κ2) is 15.2. The highest BCUT2D eigenvalue weighted by atomic mass is 35.5. The van der Waals surface area contributed by atoms with Crippen LogP contribution >= 0.6 is 11.6 Å². The van der Waals surface area contributed by atoms with Crippen molar-refractivity contribution in [3.05, 3.63) is 134 Å². The number of carboxylic acid groups (broad SMARTS) is 1. The van der Waals surface area contributed by atoms with E-state index in [-0.39, 0.29) is 39.6 Å². The van der Waals surface area contributed by atoms with Gasteiger partial charge in [0.15, 0.2) is 0 Å². The van der Waals surface area contributed by atoms with E-state index in [1.165, 1.54) is 37.3 Å². The molecule has 0 unspecified atom stereocenters. The number of aliphatic carboxylic acids is 1. The SMILES string of the molecule is Cc1cc(C(=O)NCc2cccc(OC(=O)c3cc(F)cc(F)c3)c2)cc(Cl)c1C(=O)N[C@@H](CNC(=O)c1cc(F)cc(F)c1)C(=O)O. The van der Waals surface area contributed by atoms with Crippen molar-refractivity contribution in [2.24, 2.45) is 0 Å². The van der Waals surface area contributed by atoms with Crippen molar-refractivity contribution in [2.45, 2.75) is 19.5 Å². The third-order valence-electron chi connectivity index (χ3n) is 6.63. The molecule has 0 fully saturated rings. The molecule has 0 aromatic heterocycles. The highest BCUT2D eigenvalue weighted by Crippen LogP contribution is 2.23. The molecule has 4 rings (SSSR count). The zero-order chi connectivity index (χ0) is 35.1. The van der Waals surface area contributed by atoms with Gasteiger partial charge in [0.1, 0.15) is 35.1 Å². The van der Waals surface area contributed by atoms with Crippen molar-refractivity contribution in [1.29, 1.82) is 0 Å². The van der Waals surface area contributed by atoms with E-state index < -0.39 is 71.1 Å². The summed E-state index contributed by atoms with van der Waals surface area (Å²) in [5.74, 6) is -8.92. The van der Waals surface area contributed by atoms with Crippen LogP contribution in [-0.4, -0.2) is 47.4 Å². The van der Waals surface area contributed by atoms with E-state index in [0.717, 1.165) is 24.3 Å². The molecule has 4 N–H and O–H groups in total. The maximum Gasteiger partial charge on any atom is 0.343 e. The quantitative estimate of drug-likeness (QED) is 0.0990. The monoisotopic (exact) mass is 685 g/mol. The molecule has 0 heterocycles. The fourth-order valence-corrected chi connectivity index (χ4v) is 4.77. The molecule has 3 amide bonds. The molecule has 0 radical (unpaired) electrons. The van der Waals surface area contributed by atoms with Crippen molar-refractivity contribution in [1.82, 2.24) is 16.0 Å². The van der Waals surface area contributed by atoms with Gasteiger partial charge in [0.05, 0.1) is 16.1 Å². The Morgan fingerprint density at radius 1 is 0.750 bits per heavy atom. The lowest BCUT2D eigenvalue weighted by molar-refractivity contribution is -0.139. The third-order valence-corrected chi connectivity index (χ3v) is 6.93. The number of rotatable bonds is 11. The molecular weight excluding hydrogens is 662 g/mol. The summed E-state index contributed by atoms with van der Waals surface area (Å²) < 4.78 is 58.9. The average molecular weight is 686 g/mol. The Bertz CT molecular complexity index is 1880. The van der Waals surface area contributed by atoms with Crippen molar-refractivity contribution < 1.29 is 51.4 Å². The highest BCUT2D eigenvalue weighted by molar-refractivity contribution is 6.34. The highest BCUT2D eigenvalue weighted by Gasteiger charge is 2.25. The topological polar surface area (TPSA) is 151 Å². The predicted octanol–water partition coefficient (Wildman–Crippen LogP) is 4.97. The average Bonchev–Trinajstić information content (AvgIpc) is 3.00. The number of amides is 3. The van der Waals surface area contributed by atoms with Crippen LogP contribution in [0.5, 0.6) is 5.75 Å². The molecule has 0 aliphatic carbocycles. The van der Waals surface area contributed by atoms with Gasteiger partial charge in [-0.2, -0.15) is 0 Å². The zero-order valence-corrected chi connectivity index (χ0v) is 25.5. The van der Waals surface area contributed by atoms with Gasteiger partial charge in [0, 0.05) is 36.3 Å². The van der Waals surface area contributed by atoms with Gasteiger partial charge in [-0.1, -0.05) is 23.7 Å². The number of hydrogen-bond acceptors (Lipinski definition) is 6. The van der Waals surface area contributed by atoms with Crippen LogP contribution in [0.4, 0.5) is 17.6 Å². The molecule has 0 saturated carbocycles. The number of ether oxygens (including phenoxy) is 1. The number of halogens is 5. The maximum absolute atomic E-state index is 13.5. The molecule has 248 valence electrons. The van der Waals surface area contributed by atoms with Gasteiger partial charge in [0.2, 0.25) is 0 Å². The molecule has 10 nitrogen and oxygen atoms in total. The molecule has 4 aromatic carbocycles. The number of carbonyl (C=O) groups is 5. The van der Waals surface area contributed by atoms with Crippen LogP contribution in [-0.2, 0) is 11.3 Å². The van der Waals surface area contributed by atoms with E-state index in [1.807, 2.05) is 0 Å². The van der Waals surface area contributed by atoms with Gasteiger partial charge < -0.3 is 25.8 Å². The number of carboxylic acids is 1. The standard InChI is InChI=1S/C33H24ClF4N3O7/c1-16-5-18(29(42)39-14-17-3-2-4-25(6-17)48-33(47)20-9-23(37)13-24(38)10-20)11-26(34)28(16)31(44)41-27(32(45)46)15-40-30(43)19-7-21(35)12-22(36)8-19/h2-13,27H,14-15H2,1H3,(H,39,42)(H,40,43)(H,41,44)(H,45,46)/t27-/m0/s1. The predicted molar refractivity (Wildman–Crippen MR) is 163 cm³/mol. The fraction of sp³-hybridized carbons (Fsp3) is 0.121. The summed E-state index contributed by atoms with van der Waals surface area (Å²) in [4.78, 5) is 62.2. The molecule has 0 aliphatic rings. The third kappa shape index (κ3) is 9.16. The van der Waals surface area contributed by atoms with Gasteiger partial charge in [-0.3, -0.25) is 14.4 Å². The van der Waals surface area contributed by atoms with Crippen molar-refractivity contribution in [2.75, 3.05) is 6.54 Å². The Hall–Kier alpha value is -5.76. The summed E-state index contributed by atoms with van der Waals surface area (Å²) in [6, 6.07) is 11.2. The number of carbonyl (C=O) groups excluding carboxylic acids is 4. The Morgan fingerprint density at radius 3 is 1.90 bits per heavy atom. The Balaban J connectivity index is 1.37. The Kier molecular flexibility index (Phi) is 11.1. The normalized spacial score (nSPS) is 11.3. The van der Waals surface area contributed by atoms with Gasteiger partial charge in [-0.25, -0.2) is 27.2 Å². The Labute approximate surface area is 274 Å². The lowest BCUT2D eigenvalue weighted by atomic mass is 10.0. The van der Waals surface area contributed by atoms with Crippen molar-refractivity contribution in [3.8, 4) is 5.75 Å². The van der Waals surface area contributed by atoms with E-state index in [0.29, 0.717) is 17.7 Å². The van der Waals surface area contributed by atoms with Crippen LogP contribution in [0.15, 0.2) is 72.8 Å². The lowest BCUT2D eigenvalue weighted by Crippen LogP contribution is -2.48. The molecule has 1 atom stereocenters. The second-order valence-corrected chi connectivity index (χ2v) is 10.7. The number of aryl methyl sites for hydroxylation is 1. The van der Waals surface area contributed by atoms with Gasteiger partial charge in [0.25, 0.3) is 17.7 Å². The van der Waals surface area contributed by atoms with Crippen LogP contribution in [0.1, 0.15) is 52.6 Å². The van der Waals surface area contributed by atoms with Crippen molar-refractivity contribution >= 4 is 41.3 Å². The van der Waals surface area contributed by atoms with E-state index in [2.05, 4.69) is 16.0 Å². The lowest BCUT2D eigenvalue weighted by Gasteiger charge is -2.17. The summed E-state index contributed by atoms with van der Waals surface area (Å²) in [6.07, 6.45) is 0. The minimum atomic E-state index is -1.66. The molecule has 48 heavy (non-hydrogen) atoms. The van der Waals surface area contributed by atoms with E-state index in [4.69, 9.17) is 16.3 Å². The first kappa shape index (κ1) is 35.1. The molecule has 0 bridgehead atoms. The van der Waals surface area contributed by atoms with Crippen LogP contribution in [0, 0.1) is 30.2 Å². The second-order valence-electron chi connectivity index (χ2n) is 10.3.